The number of nitrogens with zero attached hydrogens (tertiary/aromatic N) is 4. The fourth-order valence-corrected chi connectivity index (χ4v) is 2.80. The monoisotopic (exact) mass is 332 g/mol. The smallest absolute Gasteiger partial charge is 0.435 e. The topological polar surface area (TPSA) is 69.6 Å². The molecule has 1 aromatic heterocycles. The number of alkyl halides is 3. The first-order valence-corrected chi connectivity index (χ1v) is 7.18. The van der Waals surface area contributed by atoms with Crippen LogP contribution >= 0.6 is 0 Å². The summed E-state index contributed by atoms with van der Waals surface area (Å²) < 4.78 is 37.5. The van der Waals surface area contributed by atoms with Crippen LogP contribution in [0.2, 0.25) is 0 Å². The summed E-state index contributed by atoms with van der Waals surface area (Å²) in [6.07, 6.45) is -4.94. The van der Waals surface area contributed by atoms with Gasteiger partial charge in [-0.1, -0.05) is 0 Å². The van der Waals surface area contributed by atoms with E-state index in [2.05, 4.69) is 10.2 Å². The number of aromatic nitrogens is 2. The molecule has 1 amide bonds. The first-order valence-electron chi connectivity index (χ1n) is 7.18. The standard InChI is InChI=1S/C14H19F3N4O2/c1-13(2,3)21(12(22)23)9-6-7-20(8-9)11-5-4-10(18-19-11)14(15,16)17/h4-5,9H,6-8H2,1-3H3,(H,22,23)/t9-/m1/s1. The minimum absolute atomic E-state index is 0.239. The van der Waals surface area contributed by atoms with Crippen molar-refractivity contribution in [1.82, 2.24) is 15.1 Å². The van der Waals surface area contributed by atoms with Gasteiger partial charge in [0.1, 0.15) is 0 Å². The predicted molar refractivity (Wildman–Crippen MR) is 77.3 cm³/mol. The van der Waals surface area contributed by atoms with Crippen LogP contribution in [0.4, 0.5) is 23.8 Å². The molecule has 1 aliphatic heterocycles. The van der Waals surface area contributed by atoms with Gasteiger partial charge in [0.2, 0.25) is 0 Å². The average Bonchev–Trinajstić information content (AvgIpc) is 2.85. The Bertz CT molecular complexity index is 569. The number of carboxylic acid groups (broad SMARTS) is 1. The van der Waals surface area contributed by atoms with E-state index in [4.69, 9.17) is 0 Å². The minimum Gasteiger partial charge on any atom is -0.465 e. The van der Waals surface area contributed by atoms with Crippen LogP contribution in [0.15, 0.2) is 12.1 Å². The lowest BCUT2D eigenvalue weighted by Crippen LogP contribution is -2.52. The third-order valence-electron chi connectivity index (χ3n) is 3.72. The Balaban J connectivity index is 2.12. The van der Waals surface area contributed by atoms with Gasteiger partial charge in [-0.15, -0.1) is 10.2 Å². The molecule has 0 spiro atoms. The summed E-state index contributed by atoms with van der Waals surface area (Å²) in [6, 6.07) is 1.91. The number of hydrogen-bond donors (Lipinski definition) is 1. The fraction of sp³-hybridized carbons (Fsp3) is 0.643. The molecule has 9 heteroatoms. The van der Waals surface area contributed by atoms with Gasteiger partial charge in [0.05, 0.1) is 6.04 Å². The van der Waals surface area contributed by atoms with Crippen molar-refractivity contribution in [2.75, 3.05) is 18.0 Å². The lowest BCUT2D eigenvalue weighted by Gasteiger charge is -2.37. The number of amides is 1. The Morgan fingerprint density at radius 1 is 1.30 bits per heavy atom. The highest BCUT2D eigenvalue weighted by Gasteiger charge is 2.38. The van der Waals surface area contributed by atoms with E-state index in [0.717, 1.165) is 6.07 Å². The third kappa shape index (κ3) is 3.83. The van der Waals surface area contributed by atoms with Crippen LogP contribution in [0, 0.1) is 0 Å². The van der Waals surface area contributed by atoms with Gasteiger partial charge in [-0.3, -0.25) is 4.90 Å². The first kappa shape index (κ1) is 17.3. The van der Waals surface area contributed by atoms with Crippen molar-refractivity contribution in [2.24, 2.45) is 0 Å². The predicted octanol–water partition coefficient (Wildman–Crippen LogP) is 2.85. The van der Waals surface area contributed by atoms with Crippen molar-refractivity contribution < 1.29 is 23.1 Å². The van der Waals surface area contributed by atoms with Crippen LogP contribution in [0.25, 0.3) is 0 Å². The van der Waals surface area contributed by atoms with Gasteiger partial charge < -0.3 is 10.0 Å². The molecule has 0 radical (unpaired) electrons. The quantitative estimate of drug-likeness (QED) is 0.902. The zero-order chi connectivity index (χ0) is 17.4. The molecule has 1 atom stereocenters. The highest BCUT2D eigenvalue weighted by molar-refractivity contribution is 5.67. The summed E-state index contributed by atoms with van der Waals surface area (Å²) >= 11 is 0. The molecule has 1 saturated heterocycles. The Hall–Kier alpha value is -2.06. The molecule has 0 aliphatic carbocycles. The molecule has 1 N–H and O–H groups in total. The van der Waals surface area contributed by atoms with E-state index >= 15 is 0 Å². The second kappa shape index (κ2) is 5.86. The number of hydrogen-bond acceptors (Lipinski definition) is 4. The summed E-state index contributed by atoms with van der Waals surface area (Å²) in [4.78, 5) is 14.6. The Kier molecular flexibility index (Phi) is 4.41. The second-order valence-corrected chi connectivity index (χ2v) is 6.49. The van der Waals surface area contributed by atoms with E-state index in [9.17, 15) is 23.1 Å². The molecule has 23 heavy (non-hydrogen) atoms. The molecule has 128 valence electrons. The molecule has 1 fully saturated rings. The molecular formula is C14H19F3N4O2. The number of carbonyl (C=O) groups is 1. The lowest BCUT2D eigenvalue weighted by molar-refractivity contribution is -0.141. The van der Waals surface area contributed by atoms with Crippen LogP contribution < -0.4 is 4.90 Å². The summed E-state index contributed by atoms with van der Waals surface area (Å²) in [5.41, 5.74) is -1.60. The molecule has 2 heterocycles. The number of halogens is 3. The Morgan fingerprint density at radius 3 is 2.39 bits per heavy atom. The maximum Gasteiger partial charge on any atom is 0.435 e. The van der Waals surface area contributed by atoms with Crippen molar-refractivity contribution >= 4 is 11.9 Å². The third-order valence-corrected chi connectivity index (χ3v) is 3.72. The SMILES string of the molecule is CC(C)(C)N(C(=O)O)[C@@H]1CCN(c2ccc(C(F)(F)F)nn2)C1. The van der Waals surface area contributed by atoms with Crippen molar-refractivity contribution in [3.8, 4) is 0 Å². The van der Waals surface area contributed by atoms with Crippen LogP contribution in [-0.4, -0.2) is 51.0 Å². The maximum absolute atomic E-state index is 12.5. The largest absolute Gasteiger partial charge is 0.465 e. The summed E-state index contributed by atoms with van der Waals surface area (Å²) in [7, 11) is 0. The molecule has 1 aromatic rings. The van der Waals surface area contributed by atoms with Crippen LogP contribution in [0.3, 0.4) is 0 Å². The first-order chi connectivity index (χ1) is 10.5. The van der Waals surface area contributed by atoms with E-state index in [-0.39, 0.29) is 6.04 Å². The van der Waals surface area contributed by atoms with Gasteiger partial charge in [0.15, 0.2) is 11.5 Å². The molecular weight excluding hydrogens is 313 g/mol. The van der Waals surface area contributed by atoms with Gasteiger partial charge in [-0.2, -0.15) is 13.2 Å². The van der Waals surface area contributed by atoms with E-state index in [1.165, 1.54) is 11.0 Å². The summed E-state index contributed by atoms with van der Waals surface area (Å²) in [5.74, 6) is 0.319. The van der Waals surface area contributed by atoms with Crippen molar-refractivity contribution in [3.63, 3.8) is 0 Å². The normalized spacial score (nSPS) is 19.0. The average molecular weight is 332 g/mol. The zero-order valence-corrected chi connectivity index (χ0v) is 13.1. The van der Waals surface area contributed by atoms with Crippen LogP contribution in [0.1, 0.15) is 32.9 Å². The Labute approximate surface area is 131 Å². The van der Waals surface area contributed by atoms with Crippen molar-refractivity contribution in [2.45, 2.75) is 44.9 Å². The molecule has 1 aliphatic rings. The van der Waals surface area contributed by atoms with Crippen molar-refractivity contribution in [1.29, 1.82) is 0 Å². The fourth-order valence-electron chi connectivity index (χ4n) is 2.80. The van der Waals surface area contributed by atoms with Crippen LogP contribution in [0.5, 0.6) is 0 Å². The minimum atomic E-state index is -4.52. The van der Waals surface area contributed by atoms with Gasteiger partial charge in [-0.05, 0) is 39.3 Å². The highest BCUT2D eigenvalue weighted by Crippen LogP contribution is 2.29. The summed E-state index contributed by atoms with van der Waals surface area (Å²) in [5, 5.41) is 16.2. The Morgan fingerprint density at radius 2 is 1.96 bits per heavy atom. The van der Waals surface area contributed by atoms with E-state index in [0.29, 0.717) is 25.3 Å². The van der Waals surface area contributed by atoms with Crippen LogP contribution in [-0.2, 0) is 6.18 Å². The number of anilines is 1. The zero-order valence-electron chi connectivity index (χ0n) is 13.1. The maximum atomic E-state index is 12.5. The molecule has 0 aromatic carbocycles. The molecule has 0 unspecified atom stereocenters. The second-order valence-electron chi connectivity index (χ2n) is 6.49. The van der Waals surface area contributed by atoms with Crippen molar-refractivity contribution in [3.05, 3.63) is 17.8 Å². The molecule has 0 bridgehead atoms. The molecule has 6 nitrogen and oxygen atoms in total. The highest BCUT2D eigenvalue weighted by atomic mass is 19.4. The molecule has 2 rings (SSSR count). The van der Waals surface area contributed by atoms with Gasteiger partial charge in [-0.25, -0.2) is 4.79 Å². The van der Waals surface area contributed by atoms with Gasteiger partial charge >= 0.3 is 12.3 Å². The van der Waals surface area contributed by atoms with Gasteiger partial charge in [0, 0.05) is 18.6 Å². The van der Waals surface area contributed by atoms with Gasteiger partial charge in [0.25, 0.3) is 0 Å². The van der Waals surface area contributed by atoms with E-state index in [1.54, 1.807) is 4.90 Å². The van der Waals surface area contributed by atoms with E-state index < -0.39 is 23.5 Å². The summed E-state index contributed by atoms with van der Waals surface area (Å²) in [6.45, 7) is 6.32. The molecule has 0 saturated carbocycles. The lowest BCUT2D eigenvalue weighted by atomic mass is 10.0. The number of rotatable bonds is 2. The van der Waals surface area contributed by atoms with E-state index in [1.807, 2.05) is 20.8 Å².